The van der Waals surface area contributed by atoms with E-state index in [0.717, 1.165) is 25.7 Å². The minimum absolute atomic E-state index is 0.261. The minimum Gasteiger partial charge on any atom is -0.392 e. The lowest BCUT2D eigenvalue weighted by molar-refractivity contribution is 0.0866. The standard InChI is InChI=1S/C30H54O2/c1-7-9-11-13-15-17-19-27(31)29(3,4)25-21-23-26(24-22-25)30(5,6)28(32)20-18-16-14-12-10-8-2/h21-24,27-28,31-32H,7-20H2,1-6H3. The van der Waals surface area contributed by atoms with Crippen molar-refractivity contribution in [3.63, 3.8) is 0 Å². The van der Waals surface area contributed by atoms with Crippen LogP contribution < -0.4 is 0 Å². The summed E-state index contributed by atoms with van der Waals surface area (Å²) in [4.78, 5) is 0. The van der Waals surface area contributed by atoms with Gasteiger partial charge in [0.15, 0.2) is 0 Å². The summed E-state index contributed by atoms with van der Waals surface area (Å²) in [5, 5.41) is 21.8. The van der Waals surface area contributed by atoms with Crippen LogP contribution in [0.4, 0.5) is 0 Å². The average Bonchev–Trinajstić information content (AvgIpc) is 2.78. The third-order valence-electron chi connectivity index (χ3n) is 7.70. The zero-order chi connectivity index (χ0) is 24.0. The van der Waals surface area contributed by atoms with Crippen molar-refractivity contribution in [1.82, 2.24) is 0 Å². The van der Waals surface area contributed by atoms with E-state index in [9.17, 15) is 10.2 Å². The van der Waals surface area contributed by atoms with Crippen LogP contribution in [-0.4, -0.2) is 22.4 Å². The Balaban J connectivity index is 2.59. The molecule has 0 saturated heterocycles. The highest BCUT2D eigenvalue weighted by Gasteiger charge is 2.32. The van der Waals surface area contributed by atoms with Crippen molar-refractivity contribution < 1.29 is 10.2 Å². The second-order valence-electron chi connectivity index (χ2n) is 11.2. The van der Waals surface area contributed by atoms with Crippen LogP contribution >= 0.6 is 0 Å². The van der Waals surface area contributed by atoms with E-state index in [1.807, 2.05) is 0 Å². The van der Waals surface area contributed by atoms with Gasteiger partial charge >= 0.3 is 0 Å². The largest absolute Gasteiger partial charge is 0.392 e. The average molecular weight is 447 g/mol. The van der Waals surface area contributed by atoms with Crippen molar-refractivity contribution >= 4 is 0 Å². The molecule has 1 rings (SSSR count). The second-order valence-corrected chi connectivity index (χ2v) is 11.2. The molecule has 2 unspecified atom stereocenters. The lowest BCUT2D eigenvalue weighted by Crippen LogP contribution is -2.35. The van der Waals surface area contributed by atoms with Crippen LogP contribution in [0.1, 0.15) is 143 Å². The number of hydrogen-bond donors (Lipinski definition) is 2. The third-order valence-corrected chi connectivity index (χ3v) is 7.70. The van der Waals surface area contributed by atoms with E-state index in [2.05, 4.69) is 65.8 Å². The summed E-state index contributed by atoms with van der Waals surface area (Å²) in [5.74, 6) is 0. The maximum Gasteiger partial charge on any atom is 0.0631 e. The van der Waals surface area contributed by atoms with Gasteiger partial charge in [0.25, 0.3) is 0 Å². The quantitative estimate of drug-likeness (QED) is 0.222. The Hall–Kier alpha value is -0.860. The Labute approximate surface area is 200 Å². The Morgan fingerprint density at radius 1 is 0.531 bits per heavy atom. The van der Waals surface area contributed by atoms with Crippen molar-refractivity contribution in [2.24, 2.45) is 0 Å². The van der Waals surface area contributed by atoms with Crippen molar-refractivity contribution in [3.8, 4) is 0 Å². The van der Waals surface area contributed by atoms with Gasteiger partial charge in [-0.15, -0.1) is 0 Å². The van der Waals surface area contributed by atoms with Gasteiger partial charge in [-0.2, -0.15) is 0 Å². The number of hydrogen-bond acceptors (Lipinski definition) is 2. The molecule has 2 nitrogen and oxygen atoms in total. The first kappa shape index (κ1) is 29.2. The van der Waals surface area contributed by atoms with Gasteiger partial charge in [0, 0.05) is 10.8 Å². The molecule has 1 aromatic rings. The first-order valence-corrected chi connectivity index (χ1v) is 13.6. The SMILES string of the molecule is CCCCCCCCC(O)C(C)(C)c1ccc(C(C)(C)C(O)CCCCCCCC)cc1. The van der Waals surface area contributed by atoms with Crippen LogP contribution in [0.25, 0.3) is 0 Å². The van der Waals surface area contributed by atoms with Gasteiger partial charge in [-0.3, -0.25) is 0 Å². The number of unbranched alkanes of at least 4 members (excludes halogenated alkanes) is 10. The molecular formula is C30H54O2. The van der Waals surface area contributed by atoms with Crippen molar-refractivity contribution in [1.29, 1.82) is 0 Å². The molecule has 2 atom stereocenters. The number of benzene rings is 1. The Morgan fingerprint density at radius 2 is 0.812 bits per heavy atom. The molecule has 0 amide bonds. The Kier molecular flexibility index (Phi) is 13.8. The van der Waals surface area contributed by atoms with Gasteiger partial charge in [-0.1, -0.05) is 143 Å². The molecule has 2 heteroatoms. The highest BCUT2D eigenvalue weighted by Crippen LogP contribution is 2.34. The Morgan fingerprint density at radius 3 is 1.12 bits per heavy atom. The molecule has 0 bridgehead atoms. The van der Waals surface area contributed by atoms with Crippen LogP contribution in [-0.2, 0) is 10.8 Å². The first-order valence-electron chi connectivity index (χ1n) is 13.6. The lowest BCUT2D eigenvalue weighted by Gasteiger charge is -2.34. The topological polar surface area (TPSA) is 40.5 Å². The highest BCUT2D eigenvalue weighted by atomic mass is 16.3. The second kappa shape index (κ2) is 15.1. The van der Waals surface area contributed by atoms with E-state index >= 15 is 0 Å². The Bertz CT molecular complexity index is 534. The van der Waals surface area contributed by atoms with Gasteiger partial charge in [0.05, 0.1) is 12.2 Å². The van der Waals surface area contributed by atoms with E-state index in [1.165, 1.54) is 75.3 Å². The van der Waals surface area contributed by atoms with Crippen LogP contribution in [0.3, 0.4) is 0 Å². The van der Waals surface area contributed by atoms with Gasteiger partial charge in [0.1, 0.15) is 0 Å². The molecular weight excluding hydrogens is 392 g/mol. The molecule has 0 heterocycles. The number of rotatable bonds is 18. The molecule has 0 aliphatic heterocycles. The fourth-order valence-corrected chi connectivity index (χ4v) is 4.67. The smallest absolute Gasteiger partial charge is 0.0631 e. The van der Waals surface area contributed by atoms with Crippen LogP contribution in [0.2, 0.25) is 0 Å². The maximum atomic E-state index is 10.9. The molecule has 186 valence electrons. The third kappa shape index (κ3) is 9.56. The molecule has 0 aliphatic carbocycles. The van der Waals surface area contributed by atoms with Crippen molar-refractivity contribution in [3.05, 3.63) is 35.4 Å². The maximum absolute atomic E-state index is 10.9. The molecule has 0 spiro atoms. The van der Waals surface area contributed by atoms with E-state index < -0.39 is 0 Å². The van der Waals surface area contributed by atoms with Crippen LogP contribution in [0.15, 0.2) is 24.3 Å². The fraction of sp³-hybridized carbons (Fsp3) is 0.800. The monoisotopic (exact) mass is 446 g/mol. The minimum atomic E-state index is -0.328. The first-order chi connectivity index (χ1) is 15.2. The molecule has 0 aliphatic rings. The fourth-order valence-electron chi connectivity index (χ4n) is 4.67. The van der Waals surface area contributed by atoms with Gasteiger partial charge in [0.2, 0.25) is 0 Å². The van der Waals surface area contributed by atoms with E-state index in [1.54, 1.807) is 0 Å². The zero-order valence-electron chi connectivity index (χ0n) is 22.3. The highest BCUT2D eigenvalue weighted by molar-refractivity contribution is 5.33. The molecule has 1 aromatic carbocycles. The van der Waals surface area contributed by atoms with Gasteiger partial charge in [-0.25, -0.2) is 0 Å². The van der Waals surface area contributed by atoms with E-state index in [4.69, 9.17) is 0 Å². The summed E-state index contributed by atoms with van der Waals surface area (Å²) in [7, 11) is 0. The number of aliphatic hydroxyl groups is 2. The van der Waals surface area contributed by atoms with Crippen molar-refractivity contribution in [2.75, 3.05) is 0 Å². The van der Waals surface area contributed by atoms with Crippen LogP contribution in [0.5, 0.6) is 0 Å². The summed E-state index contributed by atoms with van der Waals surface area (Å²) in [6.07, 6.45) is 16.1. The predicted octanol–water partition coefficient (Wildman–Crippen LogP) is 8.46. The molecule has 0 saturated carbocycles. The summed E-state index contributed by atoms with van der Waals surface area (Å²) >= 11 is 0. The molecule has 32 heavy (non-hydrogen) atoms. The summed E-state index contributed by atoms with van der Waals surface area (Å²) in [6, 6.07) is 8.66. The number of aliphatic hydroxyl groups excluding tert-OH is 2. The zero-order valence-corrected chi connectivity index (χ0v) is 22.3. The summed E-state index contributed by atoms with van der Waals surface area (Å²) < 4.78 is 0. The molecule has 2 N–H and O–H groups in total. The molecule has 0 aromatic heterocycles. The summed E-state index contributed by atoms with van der Waals surface area (Å²) in [5.41, 5.74) is 1.84. The normalized spacial score (nSPS) is 14.5. The van der Waals surface area contributed by atoms with E-state index in [-0.39, 0.29) is 23.0 Å². The van der Waals surface area contributed by atoms with Gasteiger partial charge < -0.3 is 10.2 Å². The molecule has 0 fully saturated rings. The van der Waals surface area contributed by atoms with Crippen molar-refractivity contribution in [2.45, 2.75) is 154 Å². The lowest BCUT2D eigenvalue weighted by atomic mass is 9.74. The summed E-state index contributed by atoms with van der Waals surface area (Å²) in [6.45, 7) is 13.1. The predicted molar refractivity (Wildman–Crippen MR) is 140 cm³/mol. The van der Waals surface area contributed by atoms with E-state index in [0.29, 0.717) is 0 Å². The molecule has 0 radical (unpaired) electrons. The van der Waals surface area contributed by atoms with Gasteiger partial charge in [-0.05, 0) is 24.0 Å². The van der Waals surface area contributed by atoms with Crippen LogP contribution in [0, 0.1) is 0 Å².